The average molecular weight is 803 g/mol. The summed E-state index contributed by atoms with van der Waals surface area (Å²) in [7, 11) is 1.46. The SMILES string of the molecule is COc1ccccc1N(N=C(c1nc(Nc2ccc(C#N)cc2)ncc1-c1ccccc1Cl)c1nc(Nc2ccc(C#N)cc2)ncc1-c1ccccc1Cl)C(N)=O. The van der Waals surface area contributed by atoms with E-state index in [9.17, 15) is 15.3 Å². The molecule has 0 radical (unpaired) electrons. The van der Waals surface area contributed by atoms with Gasteiger partial charge in [0.1, 0.15) is 28.5 Å². The van der Waals surface area contributed by atoms with E-state index in [1.807, 2.05) is 12.1 Å². The Balaban J connectivity index is 1.55. The van der Waals surface area contributed by atoms with Crippen molar-refractivity contribution in [2.45, 2.75) is 0 Å². The van der Waals surface area contributed by atoms with E-state index in [4.69, 9.17) is 48.7 Å². The highest BCUT2D eigenvalue weighted by Crippen LogP contribution is 2.37. The number of nitrogens with two attached hydrogens (primary N) is 1. The molecule has 2 amide bonds. The highest BCUT2D eigenvalue weighted by molar-refractivity contribution is 6.34. The van der Waals surface area contributed by atoms with E-state index >= 15 is 0 Å². The first kappa shape index (κ1) is 38.4. The zero-order valence-corrected chi connectivity index (χ0v) is 31.9. The lowest BCUT2D eigenvalue weighted by atomic mass is 9.97. The molecule has 0 aliphatic heterocycles. The van der Waals surface area contributed by atoms with E-state index in [0.29, 0.717) is 60.6 Å². The molecular formula is C43H29Cl2N11O2. The monoisotopic (exact) mass is 801 g/mol. The number of benzene rings is 5. The smallest absolute Gasteiger partial charge is 0.340 e. The van der Waals surface area contributed by atoms with Crippen LogP contribution in [0.2, 0.25) is 10.0 Å². The van der Waals surface area contributed by atoms with Crippen LogP contribution in [0.4, 0.5) is 33.8 Å². The van der Waals surface area contributed by atoms with Crippen LogP contribution in [0.15, 0.2) is 139 Å². The summed E-state index contributed by atoms with van der Waals surface area (Å²) in [4.78, 5) is 32.8. The van der Waals surface area contributed by atoms with E-state index in [0.717, 1.165) is 5.01 Å². The van der Waals surface area contributed by atoms with Crippen molar-refractivity contribution < 1.29 is 9.53 Å². The van der Waals surface area contributed by atoms with Gasteiger partial charge in [0.05, 0.1) is 30.4 Å². The standard InChI is InChI=1S/C43H29Cl2N11O2/c1-58-37-13-7-6-12-36(37)56(41(48)57)55-40(38-32(30-8-2-4-10-34(30)44)24-49-42(53-38)51-28-18-14-26(22-46)15-19-28)39-33(31-9-3-5-11-35(31)45)25-50-43(54-39)52-29-20-16-27(23-47)17-21-29/h2-21,24-25H,1H3,(H2,48,57)(H,49,51,53)(H,50,52,54). The number of amides is 2. The van der Waals surface area contributed by atoms with Crippen LogP contribution in [0.5, 0.6) is 5.75 Å². The van der Waals surface area contributed by atoms with E-state index in [-0.39, 0.29) is 34.7 Å². The predicted octanol–water partition coefficient (Wildman–Crippen LogP) is 9.48. The van der Waals surface area contributed by atoms with Crippen molar-refractivity contribution in [3.8, 4) is 40.1 Å². The highest BCUT2D eigenvalue weighted by Gasteiger charge is 2.28. The number of carbonyl (C=O) groups excluding carboxylic acids is 1. The number of aromatic nitrogens is 4. The van der Waals surface area contributed by atoms with Crippen LogP contribution < -0.4 is 26.1 Å². The van der Waals surface area contributed by atoms with Gasteiger partial charge in [0.2, 0.25) is 11.9 Å². The molecule has 4 N–H and O–H groups in total. The Morgan fingerprint density at radius 1 is 0.672 bits per heavy atom. The average Bonchev–Trinajstić information content (AvgIpc) is 3.25. The molecule has 13 nitrogen and oxygen atoms in total. The molecule has 0 fully saturated rings. The first-order valence-electron chi connectivity index (χ1n) is 17.4. The third-order valence-corrected chi connectivity index (χ3v) is 9.28. The first-order valence-corrected chi connectivity index (χ1v) is 18.1. The molecule has 0 saturated heterocycles. The van der Waals surface area contributed by atoms with Crippen LogP contribution in [0.3, 0.4) is 0 Å². The maximum atomic E-state index is 13.5. The number of halogens is 2. The van der Waals surface area contributed by atoms with Crippen LogP contribution in [0.25, 0.3) is 22.3 Å². The molecule has 2 aromatic heterocycles. The number of nitrogens with one attached hydrogen (secondary N) is 2. The Bertz CT molecular complexity index is 2610. The van der Waals surface area contributed by atoms with Gasteiger partial charge in [-0.3, -0.25) is 0 Å². The van der Waals surface area contributed by atoms with E-state index < -0.39 is 6.03 Å². The van der Waals surface area contributed by atoms with Crippen LogP contribution in [-0.2, 0) is 0 Å². The number of para-hydroxylation sites is 2. The second-order valence-corrected chi connectivity index (χ2v) is 13.1. The van der Waals surface area contributed by atoms with E-state index in [1.54, 1.807) is 122 Å². The van der Waals surface area contributed by atoms with Gasteiger partial charge >= 0.3 is 6.03 Å². The molecule has 15 heteroatoms. The van der Waals surface area contributed by atoms with Gasteiger partial charge in [0.25, 0.3) is 0 Å². The summed E-state index contributed by atoms with van der Waals surface area (Å²) in [5, 5.41) is 31.8. The Kier molecular flexibility index (Phi) is 11.5. The highest BCUT2D eigenvalue weighted by atomic mass is 35.5. The number of hydrogen-bond donors (Lipinski definition) is 3. The summed E-state index contributed by atoms with van der Waals surface area (Å²) in [5.74, 6) is 0.574. The fourth-order valence-corrected chi connectivity index (χ4v) is 6.32. The van der Waals surface area contributed by atoms with Gasteiger partial charge in [-0.25, -0.2) is 24.7 Å². The number of anilines is 5. The molecule has 0 saturated carbocycles. The number of nitrogens with zero attached hydrogens (tertiary/aromatic N) is 8. The Morgan fingerprint density at radius 3 is 1.55 bits per heavy atom. The van der Waals surface area contributed by atoms with Crippen molar-refractivity contribution in [2.24, 2.45) is 10.8 Å². The maximum Gasteiger partial charge on any atom is 0.340 e. The summed E-state index contributed by atoms with van der Waals surface area (Å²) in [6, 6.07) is 37.8. The minimum absolute atomic E-state index is 0.0325. The molecule has 282 valence electrons. The van der Waals surface area contributed by atoms with E-state index in [1.165, 1.54) is 7.11 Å². The molecule has 0 unspecified atom stereocenters. The third-order valence-electron chi connectivity index (χ3n) is 8.62. The molecule has 0 atom stereocenters. The van der Waals surface area contributed by atoms with Crippen LogP contribution >= 0.6 is 23.2 Å². The van der Waals surface area contributed by atoms with Crippen molar-refractivity contribution in [3.05, 3.63) is 166 Å². The summed E-state index contributed by atoms with van der Waals surface area (Å²) in [5.41, 5.74) is 10.8. The third kappa shape index (κ3) is 8.36. The fraction of sp³-hybridized carbons (Fsp3) is 0.0233. The minimum Gasteiger partial charge on any atom is -0.494 e. The first-order chi connectivity index (χ1) is 28.3. The zero-order valence-electron chi connectivity index (χ0n) is 30.4. The number of hydrazone groups is 1. The number of hydrogen-bond acceptors (Lipinski definition) is 11. The van der Waals surface area contributed by atoms with Crippen LogP contribution in [0.1, 0.15) is 22.5 Å². The molecule has 7 rings (SSSR count). The summed E-state index contributed by atoms with van der Waals surface area (Å²) < 4.78 is 5.63. The minimum atomic E-state index is -0.949. The normalized spacial score (nSPS) is 10.4. The molecule has 5 aromatic carbocycles. The summed E-state index contributed by atoms with van der Waals surface area (Å²) in [6.45, 7) is 0. The second-order valence-electron chi connectivity index (χ2n) is 12.3. The summed E-state index contributed by atoms with van der Waals surface area (Å²) >= 11 is 13.7. The van der Waals surface area contributed by atoms with Crippen molar-refractivity contribution in [3.63, 3.8) is 0 Å². The Hall–Kier alpha value is -7.84. The number of ether oxygens (including phenoxy) is 1. The Morgan fingerprint density at radius 2 is 1.12 bits per heavy atom. The molecule has 2 heterocycles. The quantitative estimate of drug-likeness (QED) is 0.0838. The second kappa shape index (κ2) is 17.3. The topological polar surface area (TPSA) is 191 Å². The van der Waals surface area contributed by atoms with Crippen LogP contribution in [0, 0.1) is 22.7 Å². The Labute approximate surface area is 342 Å². The number of primary amides is 1. The molecule has 0 spiro atoms. The number of carbonyl (C=O) groups is 1. The van der Waals surface area contributed by atoms with Crippen molar-refractivity contribution >= 4 is 63.9 Å². The lowest BCUT2D eigenvalue weighted by molar-refractivity contribution is 0.254. The van der Waals surface area contributed by atoms with Crippen molar-refractivity contribution in [2.75, 3.05) is 22.8 Å². The number of urea groups is 1. The molecule has 0 aliphatic rings. The lowest BCUT2D eigenvalue weighted by Gasteiger charge is -2.22. The lowest BCUT2D eigenvalue weighted by Crippen LogP contribution is -2.33. The molecule has 0 bridgehead atoms. The van der Waals surface area contributed by atoms with Gasteiger partial charge in [0, 0.05) is 56.1 Å². The number of methoxy groups -OCH3 is 1. The van der Waals surface area contributed by atoms with Gasteiger partial charge in [-0.15, -0.1) is 0 Å². The zero-order chi connectivity index (χ0) is 40.6. The maximum absolute atomic E-state index is 13.5. The van der Waals surface area contributed by atoms with Crippen molar-refractivity contribution in [1.82, 2.24) is 19.9 Å². The number of rotatable bonds is 11. The van der Waals surface area contributed by atoms with Gasteiger partial charge in [-0.05, 0) is 72.8 Å². The molecule has 0 aliphatic carbocycles. The predicted molar refractivity (Wildman–Crippen MR) is 225 cm³/mol. The van der Waals surface area contributed by atoms with Gasteiger partial charge < -0.3 is 21.1 Å². The van der Waals surface area contributed by atoms with Crippen molar-refractivity contribution in [1.29, 1.82) is 10.5 Å². The molecular weight excluding hydrogens is 773 g/mol. The summed E-state index contributed by atoms with van der Waals surface area (Å²) in [6.07, 6.45) is 3.16. The van der Waals surface area contributed by atoms with Gasteiger partial charge in [-0.2, -0.15) is 20.6 Å². The number of nitriles is 2. The van der Waals surface area contributed by atoms with Crippen LogP contribution in [-0.4, -0.2) is 38.8 Å². The largest absolute Gasteiger partial charge is 0.494 e. The van der Waals surface area contributed by atoms with E-state index in [2.05, 4.69) is 32.7 Å². The molecule has 7 aromatic rings. The van der Waals surface area contributed by atoms with Gasteiger partial charge in [0.15, 0.2) is 0 Å². The fourth-order valence-electron chi connectivity index (χ4n) is 5.85. The molecule has 58 heavy (non-hydrogen) atoms. The van der Waals surface area contributed by atoms with Gasteiger partial charge in [-0.1, -0.05) is 71.7 Å².